The predicted molar refractivity (Wildman–Crippen MR) is 67.3 cm³/mol. The van der Waals surface area contributed by atoms with E-state index in [1.165, 1.54) is 12.3 Å². The van der Waals surface area contributed by atoms with E-state index < -0.39 is 12.7 Å². The molecule has 7 heteroatoms. The van der Waals surface area contributed by atoms with Crippen molar-refractivity contribution in [3.63, 3.8) is 0 Å². The van der Waals surface area contributed by atoms with Crippen molar-refractivity contribution in [2.24, 2.45) is 0 Å². The van der Waals surface area contributed by atoms with Crippen LogP contribution in [0.1, 0.15) is 19.4 Å². The fourth-order valence-electron chi connectivity index (χ4n) is 1.45. The molecule has 1 aromatic rings. The van der Waals surface area contributed by atoms with Crippen LogP contribution in [0, 0.1) is 0 Å². The third kappa shape index (κ3) is 4.21. The summed E-state index contributed by atoms with van der Waals surface area (Å²) in [5, 5.41) is 0.351. The van der Waals surface area contributed by atoms with Gasteiger partial charge in [-0.25, -0.2) is 4.98 Å². The van der Waals surface area contributed by atoms with Crippen molar-refractivity contribution in [1.29, 1.82) is 0 Å². The first-order valence-corrected chi connectivity index (χ1v) is 6.19. The van der Waals surface area contributed by atoms with Gasteiger partial charge in [0.2, 0.25) is 0 Å². The number of rotatable bonds is 4. The van der Waals surface area contributed by atoms with E-state index >= 15 is 0 Å². The minimum absolute atomic E-state index is 0.131. The van der Waals surface area contributed by atoms with Gasteiger partial charge in [0.25, 0.3) is 0 Å². The molecule has 0 fully saturated rings. The molecule has 2 nitrogen and oxygen atoms in total. The van der Waals surface area contributed by atoms with Crippen molar-refractivity contribution in [2.75, 3.05) is 11.4 Å². The number of anilines is 1. The van der Waals surface area contributed by atoms with E-state index in [-0.39, 0.29) is 17.7 Å². The maximum absolute atomic E-state index is 12.5. The number of aromatic nitrogens is 1. The summed E-state index contributed by atoms with van der Waals surface area (Å²) in [4.78, 5) is 5.09. The first kappa shape index (κ1) is 15.4. The number of pyridine rings is 1. The lowest BCUT2D eigenvalue weighted by Crippen LogP contribution is -2.39. The molecule has 18 heavy (non-hydrogen) atoms. The molecule has 0 aliphatic rings. The van der Waals surface area contributed by atoms with Gasteiger partial charge in [-0.05, 0) is 25.5 Å². The van der Waals surface area contributed by atoms with E-state index in [1.54, 1.807) is 13.8 Å². The smallest absolute Gasteiger partial charge is 0.345 e. The Morgan fingerprint density at radius 1 is 1.39 bits per heavy atom. The van der Waals surface area contributed by atoms with Gasteiger partial charge in [0, 0.05) is 18.1 Å². The summed E-state index contributed by atoms with van der Waals surface area (Å²) in [6, 6.07) is 1.16. The molecule has 0 saturated heterocycles. The molecule has 0 spiro atoms. The summed E-state index contributed by atoms with van der Waals surface area (Å²) in [5.74, 6) is 0.356. The fraction of sp³-hybridized carbons (Fsp3) is 0.545. The molecule has 0 aliphatic heterocycles. The summed E-state index contributed by atoms with van der Waals surface area (Å²) >= 11 is 11.5. The van der Waals surface area contributed by atoms with E-state index in [4.69, 9.17) is 23.2 Å². The van der Waals surface area contributed by atoms with Gasteiger partial charge >= 0.3 is 6.18 Å². The highest BCUT2D eigenvalue weighted by Gasteiger charge is 2.32. The molecule has 0 radical (unpaired) electrons. The van der Waals surface area contributed by atoms with Gasteiger partial charge in [0.05, 0.1) is 5.02 Å². The Bertz CT molecular complexity index is 408. The highest BCUT2D eigenvalue weighted by atomic mass is 35.5. The first-order valence-electron chi connectivity index (χ1n) is 5.28. The number of nitrogens with zero attached hydrogens (tertiary/aromatic N) is 2. The van der Waals surface area contributed by atoms with Gasteiger partial charge < -0.3 is 4.90 Å². The van der Waals surface area contributed by atoms with E-state index in [0.717, 1.165) is 4.90 Å². The van der Waals surface area contributed by atoms with Gasteiger partial charge in [-0.3, -0.25) is 0 Å². The Labute approximate surface area is 114 Å². The molecule has 1 heterocycles. The van der Waals surface area contributed by atoms with Crippen molar-refractivity contribution in [1.82, 2.24) is 4.98 Å². The van der Waals surface area contributed by atoms with Crippen molar-refractivity contribution < 1.29 is 13.2 Å². The zero-order chi connectivity index (χ0) is 13.9. The fourth-order valence-corrected chi connectivity index (χ4v) is 1.91. The average Bonchev–Trinajstić information content (AvgIpc) is 2.25. The standard InChI is InChI=1S/C11H13Cl2F3N2/c1-7(2)18(6-11(14,15)16)10-3-8(4-12)9(13)5-17-10/h3,5,7H,4,6H2,1-2H3. The topological polar surface area (TPSA) is 16.1 Å². The molecule has 1 aromatic heterocycles. The first-order chi connectivity index (χ1) is 8.24. The van der Waals surface area contributed by atoms with Crippen LogP contribution in [0.25, 0.3) is 0 Å². The second-order valence-electron chi connectivity index (χ2n) is 4.10. The normalized spacial score (nSPS) is 12.0. The Balaban J connectivity index is 3.06. The molecule has 0 amide bonds. The summed E-state index contributed by atoms with van der Waals surface area (Å²) in [5.41, 5.74) is 0.566. The van der Waals surface area contributed by atoms with Crippen LogP contribution in [-0.2, 0) is 5.88 Å². The van der Waals surface area contributed by atoms with Gasteiger partial charge in [0.1, 0.15) is 12.4 Å². The van der Waals surface area contributed by atoms with E-state index in [0.29, 0.717) is 10.6 Å². The van der Waals surface area contributed by atoms with Crippen molar-refractivity contribution in [2.45, 2.75) is 31.9 Å². The maximum atomic E-state index is 12.5. The van der Waals surface area contributed by atoms with Crippen LogP contribution >= 0.6 is 23.2 Å². The quantitative estimate of drug-likeness (QED) is 0.773. The van der Waals surface area contributed by atoms with Crippen LogP contribution in [0.15, 0.2) is 12.3 Å². The molecular weight excluding hydrogens is 288 g/mol. The Hall–Kier alpha value is -0.680. The number of hydrogen-bond acceptors (Lipinski definition) is 2. The zero-order valence-corrected chi connectivity index (χ0v) is 11.4. The van der Waals surface area contributed by atoms with Gasteiger partial charge in [0.15, 0.2) is 0 Å². The molecule has 0 aliphatic carbocycles. The minimum Gasteiger partial charge on any atom is -0.345 e. The lowest BCUT2D eigenvalue weighted by atomic mass is 10.2. The van der Waals surface area contributed by atoms with Crippen LogP contribution in [0.5, 0.6) is 0 Å². The summed E-state index contributed by atoms with van der Waals surface area (Å²) in [7, 11) is 0. The third-order valence-corrected chi connectivity index (χ3v) is 2.96. The van der Waals surface area contributed by atoms with E-state index in [2.05, 4.69) is 4.98 Å². The van der Waals surface area contributed by atoms with E-state index in [9.17, 15) is 13.2 Å². The molecule has 102 valence electrons. The SMILES string of the molecule is CC(C)N(CC(F)(F)F)c1cc(CCl)c(Cl)cn1. The summed E-state index contributed by atoms with van der Waals surface area (Å²) < 4.78 is 37.5. The van der Waals surface area contributed by atoms with E-state index in [1.807, 2.05) is 0 Å². The third-order valence-electron chi connectivity index (χ3n) is 2.33. The Kier molecular flexibility index (Phi) is 5.10. The largest absolute Gasteiger partial charge is 0.405 e. The zero-order valence-electron chi connectivity index (χ0n) is 9.93. The van der Waals surface area contributed by atoms with Gasteiger partial charge in [-0.2, -0.15) is 13.2 Å². The molecule has 1 rings (SSSR count). The monoisotopic (exact) mass is 300 g/mol. The number of hydrogen-bond donors (Lipinski definition) is 0. The molecule has 0 aromatic carbocycles. The van der Waals surface area contributed by atoms with Gasteiger partial charge in [-0.1, -0.05) is 11.6 Å². The highest BCUT2D eigenvalue weighted by molar-refractivity contribution is 6.32. The lowest BCUT2D eigenvalue weighted by Gasteiger charge is -2.29. The Morgan fingerprint density at radius 2 is 2.00 bits per heavy atom. The van der Waals surface area contributed by atoms with Crippen LogP contribution < -0.4 is 4.90 Å². The highest BCUT2D eigenvalue weighted by Crippen LogP contribution is 2.26. The van der Waals surface area contributed by atoms with Gasteiger partial charge in [-0.15, -0.1) is 11.6 Å². The van der Waals surface area contributed by atoms with Crippen LogP contribution in [-0.4, -0.2) is 23.7 Å². The van der Waals surface area contributed by atoms with Crippen molar-refractivity contribution >= 4 is 29.0 Å². The molecule has 0 bridgehead atoms. The molecule has 0 atom stereocenters. The van der Waals surface area contributed by atoms with Crippen LogP contribution in [0.3, 0.4) is 0 Å². The Morgan fingerprint density at radius 3 is 2.44 bits per heavy atom. The summed E-state index contributed by atoms with van der Waals surface area (Å²) in [6.07, 6.45) is -2.97. The molecular formula is C11H13Cl2F3N2. The maximum Gasteiger partial charge on any atom is 0.405 e. The minimum atomic E-state index is -4.29. The number of alkyl halides is 4. The molecule has 0 N–H and O–H groups in total. The number of halogens is 5. The average molecular weight is 301 g/mol. The lowest BCUT2D eigenvalue weighted by molar-refractivity contribution is -0.120. The molecule has 0 saturated carbocycles. The second-order valence-corrected chi connectivity index (χ2v) is 4.78. The second kappa shape index (κ2) is 5.97. The van der Waals surface area contributed by atoms with Crippen molar-refractivity contribution in [3.8, 4) is 0 Å². The van der Waals surface area contributed by atoms with Crippen molar-refractivity contribution in [3.05, 3.63) is 22.8 Å². The van der Waals surface area contributed by atoms with Crippen LogP contribution in [0.4, 0.5) is 19.0 Å². The molecule has 0 unspecified atom stereocenters. The van der Waals surface area contributed by atoms with Crippen LogP contribution in [0.2, 0.25) is 5.02 Å². The predicted octanol–water partition coefficient (Wildman–Crippen LogP) is 4.25. The summed E-state index contributed by atoms with van der Waals surface area (Å²) in [6.45, 7) is 2.28.